The Morgan fingerprint density at radius 1 is 1.06 bits per heavy atom. The summed E-state index contributed by atoms with van der Waals surface area (Å²) in [7, 11) is 0. The molecule has 8 nitrogen and oxygen atoms in total. The maximum atomic E-state index is 12.3. The molecule has 0 bridgehead atoms. The number of carboxylic acids is 1. The van der Waals surface area contributed by atoms with Crippen LogP contribution in [0.2, 0.25) is 0 Å². The highest BCUT2D eigenvalue weighted by Crippen LogP contribution is 2.44. The van der Waals surface area contributed by atoms with E-state index in [0.29, 0.717) is 13.0 Å². The second-order valence-corrected chi connectivity index (χ2v) is 8.53. The molecular weight excluding hydrogens is 424 g/mol. The molecule has 2 aromatic carbocycles. The van der Waals surface area contributed by atoms with Crippen molar-refractivity contribution in [3.05, 3.63) is 59.7 Å². The Labute approximate surface area is 192 Å². The van der Waals surface area contributed by atoms with E-state index in [2.05, 4.69) is 34.9 Å². The monoisotopic (exact) mass is 452 g/mol. The number of carboxylic acid groups (broad SMARTS) is 1. The molecule has 1 unspecified atom stereocenters. The van der Waals surface area contributed by atoms with Gasteiger partial charge in [0.1, 0.15) is 6.61 Å². The van der Waals surface area contributed by atoms with E-state index in [4.69, 9.17) is 14.6 Å². The smallest absolute Gasteiger partial charge is 0.407 e. The highest BCUT2D eigenvalue weighted by Gasteiger charge is 2.34. The SMILES string of the molecule is CC(CNC(=O)OCC1c2ccccc2-c2ccccc21)C(=O)NC[C@H]1CCO[C@H]1C(=O)O. The highest BCUT2D eigenvalue weighted by molar-refractivity contribution is 5.80. The van der Waals surface area contributed by atoms with E-state index < -0.39 is 24.1 Å². The number of hydrogen-bond acceptors (Lipinski definition) is 5. The predicted octanol–water partition coefficient (Wildman–Crippen LogP) is 2.77. The van der Waals surface area contributed by atoms with Gasteiger partial charge in [-0.05, 0) is 28.7 Å². The van der Waals surface area contributed by atoms with Gasteiger partial charge >= 0.3 is 12.1 Å². The zero-order valence-electron chi connectivity index (χ0n) is 18.5. The Bertz CT molecular complexity index is 994. The first-order valence-corrected chi connectivity index (χ1v) is 11.2. The normalized spacial score (nSPS) is 19.9. The molecule has 8 heteroatoms. The van der Waals surface area contributed by atoms with Crippen LogP contribution in [-0.4, -0.2) is 55.5 Å². The number of carbonyl (C=O) groups excluding carboxylic acids is 2. The lowest BCUT2D eigenvalue weighted by Gasteiger charge is -2.18. The van der Waals surface area contributed by atoms with Crippen molar-refractivity contribution in [1.29, 1.82) is 0 Å². The Morgan fingerprint density at radius 2 is 1.70 bits per heavy atom. The van der Waals surface area contributed by atoms with Gasteiger partial charge < -0.3 is 25.2 Å². The van der Waals surface area contributed by atoms with E-state index in [1.165, 1.54) is 0 Å². The molecule has 33 heavy (non-hydrogen) atoms. The molecule has 0 spiro atoms. The number of ether oxygens (including phenoxy) is 2. The summed E-state index contributed by atoms with van der Waals surface area (Å²) in [5.74, 6) is -2.05. The minimum atomic E-state index is -1.02. The molecule has 1 aliphatic heterocycles. The van der Waals surface area contributed by atoms with Gasteiger partial charge in [0.05, 0.1) is 5.92 Å². The van der Waals surface area contributed by atoms with Crippen LogP contribution in [0, 0.1) is 11.8 Å². The molecule has 1 fully saturated rings. The van der Waals surface area contributed by atoms with Gasteiger partial charge in [0.25, 0.3) is 0 Å². The lowest BCUT2D eigenvalue weighted by molar-refractivity contribution is -0.149. The van der Waals surface area contributed by atoms with Crippen LogP contribution in [0.3, 0.4) is 0 Å². The average Bonchev–Trinajstić information content (AvgIpc) is 3.42. The molecule has 0 saturated carbocycles. The molecule has 1 heterocycles. The summed E-state index contributed by atoms with van der Waals surface area (Å²) in [6.45, 7) is 2.62. The molecule has 0 radical (unpaired) electrons. The van der Waals surface area contributed by atoms with E-state index in [1.807, 2.05) is 24.3 Å². The van der Waals surface area contributed by atoms with E-state index >= 15 is 0 Å². The molecule has 2 amide bonds. The van der Waals surface area contributed by atoms with Crippen molar-refractivity contribution in [2.75, 3.05) is 26.3 Å². The number of nitrogens with one attached hydrogen (secondary N) is 2. The zero-order chi connectivity index (χ0) is 23.4. The zero-order valence-corrected chi connectivity index (χ0v) is 18.5. The number of rotatable bonds is 8. The third kappa shape index (κ3) is 5.01. The lowest BCUT2D eigenvalue weighted by Crippen LogP contribution is -2.41. The fourth-order valence-electron chi connectivity index (χ4n) is 4.50. The maximum absolute atomic E-state index is 12.3. The number of hydrogen-bond donors (Lipinski definition) is 3. The van der Waals surface area contributed by atoms with Crippen LogP contribution in [-0.2, 0) is 19.1 Å². The van der Waals surface area contributed by atoms with E-state index in [-0.39, 0.29) is 37.4 Å². The molecule has 3 atom stereocenters. The van der Waals surface area contributed by atoms with Crippen LogP contribution in [0.4, 0.5) is 4.79 Å². The van der Waals surface area contributed by atoms with Crippen molar-refractivity contribution in [1.82, 2.24) is 10.6 Å². The third-order valence-corrected chi connectivity index (χ3v) is 6.34. The minimum Gasteiger partial charge on any atom is -0.479 e. The van der Waals surface area contributed by atoms with Crippen molar-refractivity contribution in [2.45, 2.75) is 25.4 Å². The molecule has 0 aromatic heterocycles. The number of alkyl carbamates (subject to hydrolysis) is 1. The van der Waals surface area contributed by atoms with Gasteiger partial charge in [0.2, 0.25) is 5.91 Å². The van der Waals surface area contributed by atoms with Gasteiger partial charge in [-0.1, -0.05) is 55.5 Å². The molecular formula is C25H28N2O6. The molecule has 2 aliphatic rings. The fraction of sp³-hybridized carbons (Fsp3) is 0.400. The predicted molar refractivity (Wildman–Crippen MR) is 121 cm³/mol. The summed E-state index contributed by atoms with van der Waals surface area (Å²) in [4.78, 5) is 35.8. The average molecular weight is 453 g/mol. The molecule has 4 rings (SSSR count). The molecule has 174 valence electrons. The van der Waals surface area contributed by atoms with Crippen molar-refractivity contribution in [2.24, 2.45) is 11.8 Å². The van der Waals surface area contributed by atoms with Crippen molar-refractivity contribution in [3.8, 4) is 11.1 Å². The van der Waals surface area contributed by atoms with Crippen LogP contribution >= 0.6 is 0 Å². The number of fused-ring (bicyclic) bond motifs is 3. The highest BCUT2D eigenvalue weighted by atomic mass is 16.5. The summed E-state index contributed by atoms with van der Waals surface area (Å²) in [5.41, 5.74) is 4.58. The van der Waals surface area contributed by atoms with Gasteiger partial charge in [-0.2, -0.15) is 0 Å². The van der Waals surface area contributed by atoms with Crippen molar-refractivity contribution in [3.63, 3.8) is 0 Å². The second kappa shape index (κ2) is 10.0. The summed E-state index contributed by atoms with van der Waals surface area (Å²) in [6, 6.07) is 16.2. The van der Waals surface area contributed by atoms with Crippen LogP contribution in [0.1, 0.15) is 30.4 Å². The Morgan fingerprint density at radius 3 is 2.33 bits per heavy atom. The van der Waals surface area contributed by atoms with E-state index in [9.17, 15) is 14.4 Å². The van der Waals surface area contributed by atoms with Gasteiger partial charge in [-0.3, -0.25) is 4.79 Å². The van der Waals surface area contributed by atoms with E-state index in [1.54, 1.807) is 6.92 Å². The number of benzene rings is 2. The Kier molecular flexibility index (Phi) is 6.93. The van der Waals surface area contributed by atoms with Crippen LogP contribution in [0.5, 0.6) is 0 Å². The van der Waals surface area contributed by atoms with Crippen LogP contribution in [0.25, 0.3) is 11.1 Å². The van der Waals surface area contributed by atoms with Gasteiger partial charge in [-0.25, -0.2) is 9.59 Å². The maximum Gasteiger partial charge on any atom is 0.407 e. The summed E-state index contributed by atoms with van der Waals surface area (Å²) in [5, 5.41) is 14.5. The first kappa shape index (κ1) is 22.8. The van der Waals surface area contributed by atoms with Crippen molar-refractivity contribution < 1.29 is 29.0 Å². The summed E-state index contributed by atoms with van der Waals surface area (Å²) < 4.78 is 10.7. The standard InChI is InChI=1S/C25H28N2O6/c1-15(23(28)26-13-16-10-11-32-22(16)24(29)30)12-27-25(31)33-14-21-19-8-4-2-6-17(19)18-7-3-5-9-20(18)21/h2-9,15-16,21-22H,10-14H2,1H3,(H,26,28)(H,27,31)(H,29,30)/t15?,16-,22-/m1/s1. The molecule has 1 saturated heterocycles. The number of amides is 2. The van der Waals surface area contributed by atoms with Gasteiger partial charge in [-0.15, -0.1) is 0 Å². The fourth-order valence-corrected chi connectivity index (χ4v) is 4.50. The largest absolute Gasteiger partial charge is 0.479 e. The minimum absolute atomic E-state index is 0.0281. The molecule has 3 N–H and O–H groups in total. The molecule has 1 aliphatic carbocycles. The van der Waals surface area contributed by atoms with Crippen molar-refractivity contribution >= 4 is 18.0 Å². The Hall–Kier alpha value is -3.39. The Balaban J connectivity index is 1.24. The van der Waals surface area contributed by atoms with Gasteiger partial charge in [0.15, 0.2) is 6.10 Å². The van der Waals surface area contributed by atoms with Crippen LogP contribution in [0.15, 0.2) is 48.5 Å². The topological polar surface area (TPSA) is 114 Å². The molecule has 2 aromatic rings. The quantitative estimate of drug-likeness (QED) is 0.568. The lowest BCUT2D eigenvalue weighted by atomic mass is 9.98. The first-order valence-electron chi connectivity index (χ1n) is 11.2. The third-order valence-electron chi connectivity index (χ3n) is 6.34. The number of carbonyl (C=O) groups is 3. The van der Waals surface area contributed by atoms with E-state index in [0.717, 1.165) is 22.3 Å². The van der Waals surface area contributed by atoms with Crippen LogP contribution < -0.4 is 10.6 Å². The second-order valence-electron chi connectivity index (χ2n) is 8.53. The van der Waals surface area contributed by atoms with Gasteiger partial charge in [0, 0.05) is 31.5 Å². The summed E-state index contributed by atoms with van der Waals surface area (Å²) in [6.07, 6.45) is -0.880. The number of aliphatic carboxylic acids is 1. The summed E-state index contributed by atoms with van der Waals surface area (Å²) >= 11 is 0. The first-order chi connectivity index (χ1) is 16.0.